The maximum Gasteiger partial charge on any atom is 0.00757 e. The topological polar surface area (TPSA) is 26.0 Å². The third kappa shape index (κ3) is 3.02. The Labute approximate surface area is 118 Å². The van der Waals surface area contributed by atoms with Crippen molar-refractivity contribution < 1.29 is 0 Å². The van der Waals surface area contributed by atoms with Crippen molar-refractivity contribution in [2.45, 2.75) is 64.2 Å². The molecule has 1 aliphatic carbocycles. The zero-order chi connectivity index (χ0) is 14.1. The lowest BCUT2D eigenvalue weighted by molar-refractivity contribution is 0.247. The monoisotopic (exact) mass is 259 g/mol. The highest BCUT2D eigenvalue weighted by Gasteiger charge is 2.34. The van der Waals surface area contributed by atoms with E-state index in [-0.39, 0.29) is 10.8 Å². The highest BCUT2D eigenvalue weighted by molar-refractivity contribution is 5.33. The van der Waals surface area contributed by atoms with Crippen LogP contribution in [-0.4, -0.2) is 6.54 Å². The fourth-order valence-corrected chi connectivity index (χ4v) is 3.25. The van der Waals surface area contributed by atoms with E-state index in [0.717, 1.165) is 12.5 Å². The van der Waals surface area contributed by atoms with Gasteiger partial charge in [0.25, 0.3) is 0 Å². The molecule has 1 nitrogen and oxygen atoms in total. The lowest BCUT2D eigenvalue weighted by atomic mass is 9.66. The van der Waals surface area contributed by atoms with Crippen molar-refractivity contribution in [3.63, 3.8) is 0 Å². The van der Waals surface area contributed by atoms with Crippen molar-refractivity contribution in [3.8, 4) is 0 Å². The summed E-state index contributed by atoms with van der Waals surface area (Å²) in [6.45, 7) is 9.95. The molecule has 0 bridgehead atoms. The molecule has 0 unspecified atom stereocenters. The average molecular weight is 259 g/mol. The van der Waals surface area contributed by atoms with Crippen LogP contribution in [0.5, 0.6) is 0 Å². The zero-order valence-electron chi connectivity index (χ0n) is 13.0. The molecule has 0 aromatic heterocycles. The molecule has 0 atom stereocenters. The second kappa shape index (κ2) is 5.28. The van der Waals surface area contributed by atoms with Gasteiger partial charge >= 0.3 is 0 Å². The van der Waals surface area contributed by atoms with Crippen LogP contribution >= 0.6 is 0 Å². The molecular weight excluding hydrogens is 230 g/mol. The van der Waals surface area contributed by atoms with Crippen LogP contribution in [-0.2, 0) is 10.8 Å². The van der Waals surface area contributed by atoms with E-state index in [2.05, 4.69) is 52.0 Å². The van der Waals surface area contributed by atoms with Gasteiger partial charge in [-0.05, 0) is 48.1 Å². The van der Waals surface area contributed by atoms with Gasteiger partial charge in [-0.1, -0.05) is 52.0 Å². The minimum Gasteiger partial charge on any atom is -0.330 e. The Morgan fingerprint density at radius 1 is 1.11 bits per heavy atom. The average Bonchev–Trinajstić information content (AvgIpc) is 2.39. The molecule has 2 N–H and O–H groups in total. The Balaban J connectivity index is 2.25. The molecule has 106 valence electrons. The van der Waals surface area contributed by atoms with Crippen LogP contribution < -0.4 is 5.73 Å². The third-order valence-electron chi connectivity index (χ3n) is 4.99. The largest absolute Gasteiger partial charge is 0.330 e. The highest BCUT2D eigenvalue weighted by Crippen LogP contribution is 2.41. The van der Waals surface area contributed by atoms with Crippen molar-refractivity contribution in [1.29, 1.82) is 0 Å². The van der Waals surface area contributed by atoms with E-state index >= 15 is 0 Å². The molecule has 0 radical (unpaired) electrons. The first-order chi connectivity index (χ1) is 8.87. The second-order valence-corrected chi connectivity index (χ2v) is 7.49. The molecule has 0 amide bonds. The normalized spacial score (nSPS) is 28.4. The van der Waals surface area contributed by atoms with Crippen LogP contribution in [0.1, 0.15) is 64.5 Å². The smallest absolute Gasteiger partial charge is 0.00757 e. The molecule has 0 aliphatic heterocycles. The lowest BCUT2D eigenvalue weighted by Crippen LogP contribution is -2.38. The molecule has 1 aromatic rings. The summed E-state index contributed by atoms with van der Waals surface area (Å²) in [7, 11) is 0. The molecule has 1 heteroatoms. The van der Waals surface area contributed by atoms with Crippen LogP contribution in [0.2, 0.25) is 0 Å². The SMILES string of the molecule is CC1CCC(CN)(c2ccc(C(C)(C)C)cc2)CC1. The summed E-state index contributed by atoms with van der Waals surface area (Å²) in [6.07, 6.45) is 5.13. The van der Waals surface area contributed by atoms with Crippen LogP contribution in [0.4, 0.5) is 0 Å². The van der Waals surface area contributed by atoms with E-state index in [1.165, 1.54) is 36.8 Å². The Morgan fingerprint density at radius 2 is 1.63 bits per heavy atom. The van der Waals surface area contributed by atoms with Gasteiger partial charge in [-0.3, -0.25) is 0 Å². The first-order valence-corrected chi connectivity index (χ1v) is 7.68. The van der Waals surface area contributed by atoms with Gasteiger partial charge in [-0.15, -0.1) is 0 Å². The van der Waals surface area contributed by atoms with E-state index in [9.17, 15) is 0 Å². The molecule has 1 saturated carbocycles. The second-order valence-electron chi connectivity index (χ2n) is 7.49. The molecule has 2 rings (SSSR count). The Kier molecular flexibility index (Phi) is 4.06. The van der Waals surface area contributed by atoms with Gasteiger partial charge in [-0.25, -0.2) is 0 Å². The molecule has 0 heterocycles. The van der Waals surface area contributed by atoms with E-state index in [1.54, 1.807) is 0 Å². The summed E-state index contributed by atoms with van der Waals surface area (Å²) in [4.78, 5) is 0. The van der Waals surface area contributed by atoms with E-state index in [4.69, 9.17) is 5.73 Å². The van der Waals surface area contributed by atoms with E-state index in [1.807, 2.05) is 0 Å². The number of hydrogen-bond acceptors (Lipinski definition) is 1. The maximum absolute atomic E-state index is 6.14. The van der Waals surface area contributed by atoms with Crippen LogP contribution in [0, 0.1) is 5.92 Å². The minimum absolute atomic E-state index is 0.232. The van der Waals surface area contributed by atoms with E-state index in [0.29, 0.717) is 0 Å². The third-order valence-corrected chi connectivity index (χ3v) is 4.99. The van der Waals surface area contributed by atoms with Gasteiger partial charge in [0, 0.05) is 12.0 Å². The first-order valence-electron chi connectivity index (χ1n) is 7.68. The molecule has 0 saturated heterocycles. The number of nitrogens with two attached hydrogens (primary N) is 1. The first kappa shape index (κ1) is 14.6. The van der Waals surface area contributed by atoms with Crippen molar-refractivity contribution in [2.24, 2.45) is 11.7 Å². The van der Waals surface area contributed by atoms with Gasteiger partial charge < -0.3 is 5.73 Å². The predicted molar refractivity (Wildman–Crippen MR) is 83.5 cm³/mol. The number of rotatable bonds is 2. The summed E-state index contributed by atoms with van der Waals surface area (Å²) < 4.78 is 0. The highest BCUT2D eigenvalue weighted by atomic mass is 14.6. The molecule has 1 aliphatic rings. The van der Waals surface area contributed by atoms with Crippen LogP contribution in [0.25, 0.3) is 0 Å². The van der Waals surface area contributed by atoms with Gasteiger partial charge in [-0.2, -0.15) is 0 Å². The molecule has 19 heavy (non-hydrogen) atoms. The van der Waals surface area contributed by atoms with Crippen molar-refractivity contribution in [2.75, 3.05) is 6.54 Å². The molecule has 1 aromatic carbocycles. The lowest BCUT2D eigenvalue weighted by Gasteiger charge is -2.39. The van der Waals surface area contributed by atoms with Crippen LogP contribution in [0.3, 0.4) is 0 Å². The van der Waals surface area contributed by atoms with Gasteiger partial charge in [0.05, 0.1) is 0 Å². The fourth-order valence-electron chi connectivity index (χ4n) is 3.25. The summed E-state index contributed by atoms with van der Waals surface area (Å²) in [5.74, 6) is 0.869. The summed E-state index contributed by atoms with van der Waals surface area (Å²) in [5.41, 5.74) is 9.47. The number of hydrogen-bond donors (Lipinski definition) is 1. The van der Waals surface area contributed by atoms with Crippen molar-refractivity contribution in [1.82, 2.24) is 0 Å². The van der Waals surface area contributed by atoms with Crippen molar-refractivity contribution >= 4 is 0 Å². The van der Waals surface area contributed by atoms with Gasteiger partial charge in [0.2, 0.25) is 0 Å². The van der Waals surface area contributed by atoms with Crippen molar-refractivity contribution in [3.05, 3.63) is 35.4 Å². The maximum atomic E-state index is 6.14. The quantitative estimate of drug-likeness (QED) is 0.837. The molecule has 1 fully saturated rings. The number of benzene rings is 1. The van der Waals surface area contributed by atoms with E-state index < -0.39 is 0 Å². The minimum atomic E-state index is 0.232. The van der Waals surface area contributed by atoms with Gasteiger partial charge in [0.1, 0.15) is 0 Å². The Bertz CT molecular complexity index is 402. The Morgan fingerprint density at radius 3 is 2.05 bits per heavy atom. The fraction of sp³-hybridized carbons (Fsp3) is 0.667. The van der Waals surface area contributed by atoms with Crippen LogP contribution in [0.15, 0.2) is 24.3 Å². The van der Waals surface area contributed by atoms with Gasteiger partial charge in [0.15, 0.2) is 0 Å². The zero-order valence-corrected chi connectivity index (χ0v) is 13.0. The molecule has 0 spiro atoms. The standard InChI is InChI=1S/C18H29N/c1-14-9-11-18(13-19,12-10-14)16-7-5-15(6-8-16)17(2,3)4/h5-8,14H,9-13,19H2,1-4H3. The molecular formula is C18H29N. The summed E-state index contributed by atoms with van der Waals surface area (Å²) in [5, 5.41) is 0. The Hall–Kier alpha value is -0.820. The summed E-state index contributed by atoms with van der Waals surface area (Å²) >= 11 is 0. The summed E-state index contributed by atoms with van der Waals surface area (Å²) in [6, 6.07) is 9.24. The predicted octanol–water partition coefficient (Wildman–Crippen LogP) is 4.39.